The van der Waals surface area contributed by atoms with Crippen LogP contribution in [0, 0.1) is 5.92 Å². The molecule has 74 valence electrons. The third-order valence-electron chi connectivity index (χ3n) is 2.22. The SMILES string of the molecule is C=C(C)CCC(=C)C(C)CC(=C)C. The van der Waals surface area contributed by atoms with Crippen LogP contribution >= 0.6 is 0 Å². The van der Waals surface area contributed by atoms with Gasteiger partial charge in [0.1, 0.15) is 0 Å². The number of hydrogen-bond acceptors (Lipinski definition) is 0. The Balaban J connectivity index is 3.82. The zero-order chi connectivity index (χ0) is 10.4. The minimum absolute atomic E-state index is 0.567. The second-order valence-corrected chi connectivity index (χ2v) is 4.18. The molecule has 1 atom stereocenters. The van der Waals surface area contributed by atoms with Gasteiger partial charge >= 0.3 is 0 Å². The Morgan fingerprint density at radius 3 is 1.92 bits per heavy atom. The van der Waals surface area contributed by atoms with Crippen LogP contribution in [0.4, 0.5) is 0 Å². The van der Waals surface area contributed by atoms with E-state index in [2.05, 4.69) is 40.5 Å². The second kappa shape index (κ2) is 5.80. The van der Waals surface area contributed by atoms with Gasteiger partial charge in [0.15, 0.2) is 0 Å². The molecule has 0 bridgehead atoms. The van der Waals surface area contributed by atoms with Crippen molar-refractivity contribution in [2.24, 2.45) is 5.92 Å². The molecule has 0 fully saturated rings. The number of rotatable bonds is 6. The third kappa shape index (κ3) is 6.39. The van der Waals surface area contributed by atoms with E-state index in [1.807, 2.05) is 0 Å². The summed E-state index contributed by atoms with van der Waals surface area (Å²) in [5, 5.41) is 0. The van der Waals surface area contributed by atoms with Crippen molar-refractivity contribution >= 4 is 0 Å². The smallest absolute Gasteiger partial charge is 0.0197 e. The molecule has 0 aliphatic rings. The van der Waals surface area contributed by atoms with E-state index < -0.39 is 0 Å². The van der Waals surface area contributed by atoms with Crippen LogP contribution in [0.15, 0.2) is 36.5 Å². The first-order valence-corrected chi connectivity index (χ1v) is 4.90. The van der Waals surface area contributed by atoms with Crippen LogP contribution in [0.5, 0.6) is 0 Å². The molecular formula is C13H22. The lowest BCUT2D eigenvalue weighted by atomic mass is 9.92. The van der Waals surface area contributed by atoms with E-state index in [0.29, 0.717) is 5.92 Å². The summed E-state index contributed by atoms with van der Waals surface area (Å²) in [6.07, 6.45) is 3.21. The number of allylic oxidation sites excluding steroid dienone is 3. The average molecular weight is 178 g/mol. The van der Waals surface area contributed by atoms with Crippen molar-refractivity contribution in [1.82, 2.24) is 0 Å². The molecule has 0 saturated heterocycles. The summed E-state index contributed by atoms with van der Waals surface area (Å²) in [7, 11) is 0. The first-order chi connectivity index (χ1) is 5.93. The normalized spacial score (nSPS) is 12.2. The fraction of sp³-hybridized carbons (Fsp3) is 0.538. The van der Waals surface area contributed by atoms with Crippen LogP contribution in [-0.2, 0) is 0 Å². The van der Waals surface area contributed by atoms with Crippen molar-refractivity contribution in [3.63, 3.8) is 0 Å². The second-order valence-electron chi connectivity index (χ2n) is 4.18. The summed E-state index contributed by atoms with van der Waals surface area (Å²) in [4.78, 5) is 0. The fourth-order valence-electron chi connectivity index (χ4n) is 1.29. The lowest BCUT2D eigenvalue weighted by molar-refractivity contribution is 0.639. The van der Waals surface area contributed by atoms with Crippen molar-refractivity contribution in [1.29, 1.82) is 0 Å². The van der Waals surface area contributed by atoms with Crippen molar-refractivity contribution in [3.05, 3.63) is 36.5 Å². The first kappa shape index (κ1) is 12.2. The summed E-state index contributed by atoms with van der Waals surface area (Å²) in [6, 6.07) is 0. The summed E-state index contributed by atoms with van der Waals surface area (Å²) >= 11 is 0. The Labute approximate surface area is 83.0 Å². The first-order valence-electron chi connectivity index (χ1n) is 4.90. The maximum Gasteiger partial charge on any atom is -0.0197 e. The van der Waals surface area contributed by atoms with Gasteiger partial charge in [-0.15, -0.1) is 13.2 Å². The van der Waals surface area contributed by atoms with Gasteiger partial charge in [0.25, 0.3) is 0 Å². The van der Waals surface area contributed by atoms with E-state index in [9.17, 15) is 0 Å². The highest BCUT2D eigenvalue weighted by Gasteiger charge is 2.06. The van der Waals surface area contributed by atoms with Crippen molar-refractivity contribution in [2.45, 2.75) is 40.0 Å². The van der Waals surface area contributed by atoms with Gasteiger partial charge in [0.05, 0.1) is 0 Å². The van der Waals surface area contributed by atoms with Crippen LogP contribution < -0.4 is 0 Å². The zero-order valence-electron chi connectivity index (χ0n) is 9.32. The van der Waals surface area contributed by atoms with E-state index in [1.165, 1.54) is 16.7 Å². The molecule has 0 radical (unpaired) electrons. The summed E-state index contributed by atoms with van der Waals surface area (Å²) < 4.78 is 0. The van der Waals surface area contributed by atoms with Crippen molar-refractivity contribution < 1.29 is 0 Å². The van der Waals surface area contributed by atoms with Gasteiger partial charge < -0.3 is 0 Å². The molecule has 0 aromatic rings. The van der Waals surface area contributed by atoms with Gasteiger partial charge in [-0.3, -0.25) is 0 Å². The molecule has 0 spiro atoms. The Morgan fingerprint density at radius 1 is 1.00 bits per heavy atom. The lowest BCUT2D eigenvalue weighted by Gasteiger charge is -2.14. The largest absolute Gasteiger partial charge is 0.100 e. The van der Waals surface area contributed by atoms with E-state index in [4.69, 9.17) is 0 Å². The quantitative estimate of drug-likeness (QED) is 0.525. The topological polar surface area (TPSA) is 0 Å². The summed E-state index contributed by atoms with van der Waals surface area (Å²) in [5.74, 6) is 0.567. The third-order valence-corrected chi connectivity index (χ3v) is 2.22. The molecule has 0 aliphatic heterocycles. The highest BCUT2D eigenvalue weighted by atomic mass is 14.1. The van der Waals surface area contributed by atoms with Crippen LogP contribution in [0.2, 0.25) is 0 Å². The van der Waals surface area contributed by atoms with Crippen molar-refractivity contribution in [2.75, 3.05) is 0 Å². The Morgan fingerprint density at radius 2 is 1.54 bits per heavy atom. The standard InChI is InChI=1S/C13H22/c1-10(2)7-8-12(5)13(6)9-11(3)4/h13H,1,3,5,7-9H2,2,4,6H3. The lowest BCUT2D eigenvalue weighted by Crippen LogP contribution is -1.99. The van der Waals surface area contributed by atoms with Crippen LogP contribution in [0.25, 0.3) is 0 Å². The summed E-state index contributed by atoms with van der Waals surface area (Å²) in [5.41, 5.74) is 3.80. The van der Waals surface area contributed by atoms with Gasteiger partial charge in [-0.05, 0) is 39.0 Å². The molecule has 0 aromatic heterocycles. The van der Waals surface area contributed by atoms with Gasteiger partial charge in [-0.1, -0.05) is 30.2 Å². The fourth-order valence-corrected chi connectivity index (χ4v) is 1.29. The molecule has 13 heavy (non-hydrogen) atoms. The predicted octanol–water partition coefficient (Wildman–Crippen LogP) is 4.50. The molecule has 0 rings (SSSR count). The van der Waals surface area contributed by atoms with E-state index in [1.54, 1.807) is 0 Å². The van der Waals surface area contributed by atoms with Gasteiger partial charge in [-0.2, -0.15) is 0 Å². The molecule has 0 heterocycles. The monoisotopic (exact) mass is 178 g/mol. The van der Waals surface area contributed by atoms with Crippen LogP contribution in [0.1, 0.15) is 40.0 Å². The predicted molar refractivity (Wildman–Crippen MR) is 61.8 cm³/mol. The van der Waals surface area contributed by atoms with Gasteiger partial charge in [0, 0.05) is 0 Å². The minimum Gasteiger partial charge on any atom is -0.100 e. The Bertz CT molecular complexity index is 208. The van der Waals surface area contributed by atoms with Crippen molar-refractivity contribution in [3.8, 4) is 0 Å². The Kier molecular flexibility index (Phi) is 5.45. The molecule has 0 amide bonds. The molecule has 0 aromatic carbocycles. The summed E-state index contributed by atoms with van der Waals surface area (Å²) in [6.45, 7) is 18.3. The molecular weight excluding hydrogens is 156 g/mol. The van der Waals surface area contributed by atoms with Crippen LogP contribution in [-0.4, -0.2) is 0 Å². The molecule has 0 aliphatic carbocycles. The number of hydrogen-bond donors (Lipinski definition) is 0. The van der Waals surface area contributed by atoms with Gasteiger partial charge in [0.2, 0.25) is 0 Å². The van der Waals surface area contributed by atoms with E-state index >= 15 is 0 Å². The highest BCUT2D eigenvalue weighted by Crippen LogP contribution is 2.22. The maximum atomic E-state index is 4.10. The van der Waals surface area contributed by atoms with Crippen LogP contribution in [0.3, 0.4) is 0 Å². The Hall–Kier alpha value is -0.780. The molecule has 0 N–H and O–H groups in total. The molecule has 0 heteroatoms. The zero-order valence-corrected chi connectivity index (χ0v) is 9.32. The minimum atomic E-state index is 0.567. The molecule has 0 nitrogen and oxygen atoms in total. The average Bonchev–Trinajstić information content (AvgIpc) is 1.98. The molecule has 1 unspecified atom stereocenters. The van der Waals surface area contributed by atoms with E-state index in [0.717, 1.165) is 19.3 Å². The van der Waals surface area contributed by atoms with E-state index in [-0.39, 0.29) is 0 Å². The molecule has 0 saturated carbocycles. The highest BCUT2D eigenvalue weighted by molar-refractivity contribution is 5.07. The van der Waals surface area contributed by atoms with Gasteiger partial charge in [-0.25, -0.2) is 0 Å². The maximum absolute atomic E-state index is 4.10.